The lowest BCUT2D eigenvalue weighted by molar-refractivity contribution is 0.0914. The zero-order valence-corrected chi connectivity index (χ0v) is 12.8. The van der Waals surface area contributed by atoms with Crippen LogP contribution in [0.25, 0.3) is 11.0 Å². The van der Waals surface area contributed by atoms with E-state index in [4.69, 9.17) is 4.42 Å². The summed E-state index contributed by atoms with van der Waals surface area (Å²) in [4.78, 5) is 12.3. The van der Waals surface area contributed by atoms with Gasteiger partial charge in [0.1, 0.15) is 5.58 Å². The van der Waals surface area contributed by atoms with Crippen molar-refractivity contribution in [2.75, 3.05) is 11.5 Å². The first kappa shape index (κ1) is 14.1. The molecular weight excluding hydrogens is 290 g/mol. The van der Waals surface area contributed by atoms with Gasteiger partial charge in [-0.05, 0) is 32.4 Å². The molecule has 1 aliphatic rings. The van der Waals surface area contributed by atoms with E-state index < -0.39 is 9.84 Å². The van der Waals surface area contributed by atoms with Crippen molar-refractivity contribution in [3.05, 3.63) is 35.1 Å². The summed E-state index contributed by atoms with van der Waals surface area (Å²) in [7, 11) is -3.01. The summed E-state index contributed by atoms with van der Waals surface area (Å²) >= 11 is 0. The van der Waals surface area contributed by atoms with Crippen molar-refractivity contribution >= 4 is 26.7 Å². The van der Waals surface area contributed by atoms with Crippen LogP contribution in [0.1, 0.15) is 28.1 Å². The van der Waals surface area contributed by atoms with E-state index in [-0.39, 0.29) is 29.2 Å². The van der Waals surface area contributed by atoms with Crippen molar-refractivity contribution < 1.29 is 17.6 Å². The number of aryl methyl sites for hydroxylation is 2. The predicted molar refractivity (Wildman–Crippen MR) is 80.2 cm³/mol. The van der Waals surface area contributed by atoms with E-state index >= 15 is 0 Å². The monoisotopic (exact) mass is 307 g/mol. The van der Waals surface area contributed by atoms with Crippen molar-refractivity contribution in [2.45, 2.75) is 26.3 Å². The van der Waals surface area contributed by atoms with Gasteiger partial charge in [0, 0.05) is 17.0 Å². The molecule has 1 fully saturated rings. The van der Waals surface area contributed by atoms with Gasteiger partial charge in [0.05, 0.1) is 11.5 Å². The molecule has 1 N–H and O–H groups in total. The number of rotatable bonds is 2. The van der Waals surface area contributed by atoms with Gasteiger partial charge in [-0.25, -0.2) is 8.42 Å². The van der Waals surface area contributed by atoms with Crippen molar-refractivity contribution in [2.24, 2.45) is 0 Å². The molecule has 6 heteroatoms. The van der Waals surface area contributed by atoms with Crippen LogP contribution < -0.4 is 5.32 Å². The van der Waals surface area contributed by atoms with E-state index in [1.165, 1.54) is 0 Å². The van der Waals surface area contributed by atoms with E-state index in [1.54, 1.807) is 0 Å². The molecule has 1 saturated heterocycles. The summed E-state index contributed by atoms with van der Waals surface area (Å²) in [5.74, 6) is 0.0660. The molecule has 3 rings (SSSR count). The molecule has 1 amide bonds. The minimum absolute atomic E-state index is 0.0110. The molecule has 0 radical (unpaired) electrons. The molecule has 0 aliphatic carbocycles. The van der Waals surface area contributed by atoms with Crippen molar-refractivity contribution in [1.29, 1.82) is 0 Å². The van der Waals surface area contributed by atoms with Gasteiger partial charge in [-0.3, -0.25) is 4.79 Å². The largest absolute Gasteiger partial charge is 0.451 e. The summed E-state index contributed by atoms with van der Waals surface area (Å²) in [5, 5.41) is 3.67. The van der Waals surface area contributed by atoms with Gasteiger partial charge >= 0.3 is 0 Å². The van der Waals surface area contributed by atoms with Gasteiger partial charge in [0.25, 0.3) is 5.91 Å². The highest BCUT2D eigenvalue weighted by Gasteiger charge is 2.30. The number of benzene rings is 1. The lowest BCUT2D eigenvalue weighted by Crippen LogP contribution is -2.35. The molecule has 1 aliphatic heterocycles. The Bertz CT molecular complexity index is 820. The van der Waals surface area contributed by atoms with Crippen LogP contribution in [0.2, 0.25) is 0 Å². The molecule has 112 valence electrons. The molecule has 21 heavy (non-hydrogen) atoms. The molecule has 1 atom stereocenters. The Balaban J connectivity index is 1.87. The van der Waals surface area contributed by atoms with Crippen LogP contribution in [-0.2, 0) is 9.84 Å². The van der Waals surface area contributed by atoms with Crippen molar-refractivity contribution in [1.82, 2.24) is 5.32 Å². The average molecular weight is 307 g/mol. The van der Waals surface area contributed by atoms with E-state index in [0.29, 0.717) is 12.0 Å². The Morgan fingerprint density at radius 2 is 2.10 bits per heavy atom. The van der Waals surface area contributed by atoms with Crippen LogP contribution in [0.5, 0.6) is 0 Å². The van der Waals surface area contributed by atoms with Crippen LogP contribution in [0.15, 0.2) is 22.6 Å². The maximum atomic E-state index is 12.3. The van der Waals surface area contributed by atoms with Gasteiger partial charge in [0.15, 0.2) is 15.6 Å². The molecular formula is C15H17NO4S. The zero-order valence-electron chi connectivity index (χ0n) is 12.0. The van der Waals surface area contributed by atoms with Crippen molar-refractivity contribution in [3.8, 4) is 0 Å². The standard InChI is InChI=1S/C15H17NO4S/c1-9-3-4-13-12(7-9)10(2)14(20-13)15(17)16-11-5-6-21(18,19)8-11/h3-4,7,11H,5-6,8H2,1-2H3,(H,16,17). The first-order valence-electron chi connectivity index (χ1n) is 6.87. The van der Waals surface area contributed by atoms with Crippen LogP contribution in [0.4, 0.5) is 0 Å². The summed E-state index contributed by atoms with van der Waals surface area (Å²) < 4.78 is 28.5. The molecule has 1 aromatic carbocycles. The van der Waals surface area contributed by atoms with Gasteiger partial charge in [-0.2, -0.15) is 0 Å². The van der Waals surface area contributed by atoms with Gasteiger partial charge in [-0.1, -0.05) is 11.6 Å². The Kier molecular flexibility index (Phi) is 3.28. The number of furan rings is 1. The minimum atomic E-state index is -3.01. The molecule has 2 heterocycles. The number of carbonyl (C=O) groups excluding carboxylic acids is 1. The second-order valence-corrected chi connectivity index (χ2v) is 7.86. The molecule has 2 aromatic rings. The summed E-state index contributed by atoms with van der Waals surface area (Å²) in [6.45, 7) is 3.82. The molecule has 1 unspecified atom stereocenters. The maximum absolute atomic E-state index is 12.3. The zero-order chi connectivity index (χ0) is 15.2. The minimum Gasteiger partial charge on any atom is -0.451 e. The van der Waals surface area contributed by atoms with Gasteiger partial charge < -0.3 is 9.73 Å². The highest BCUT2D eigenvalue weighted by molar-refractivity contribution is 7.91. The molecule has 0 spiro atoms. The number of sulfone groups is 1. The maximum Gasteiger partial charge on any atom is 0.287 e. The lowest BCUT2D eigenvalue weighted by Gasteiger charge is -2.09. The topological polar surface area (TPSA) is 76.4 Å². The highest BCUT2D eigenvalue weighted by atomic mass is 32.2. The smallest absolute Gasteiger partial charge is 0.287 e. The van der Waals surface area contributed by atoms with E-state index in [1.807, 2.05) is 32.0 Å². The third-order valence-corrected chi connectivity index (χ3v) is 5.63. The normalized spacial score (nSPS) is 20.8. The summed E-state index contributed by atoms with van der Waals surface area (Å²) in [6, 6.07) is 5.42. The number of amides is 1. The van der Waals surface area contributed by atoms with Crippen LogP contribution in [0, 0.1) is 13.8 Å². The molecule has 0 saturated carbocycles. The number of carbonyl (C=O) groups is 1. The number of nitrogens with one attached hydrogen (secondary N) is 1. The second kappa shape index (κ2) is 4.87. The fraction of sp³-hybridized carbons (Fsp3) is 0.400. The molecule has 1 aromatic heterocycles. The Morgan fingerprint density at radius 1 is 1.33 bits per heavy atom. The number of fused-ring (bicyclic) bond motifs is 1. The fourth-order valence-corrected chi connectivity index (χ4v) is 4.38. The molecule has 5 nitrogen and oxygen atoms in total. The Labute approximate surface area is 123 Å². The molecule has 0 bridgehead atoms. The predicted octanol–water partition coefficient (Wildman–Crippen LogP) is 1.97. The van der Waals surface area contributed by atoms with Gasteiger partial charge in [-0.15, -0.1) is 0 Å². The quantitative estimate of drug-likeness (QED) is 0.920. The van der Waals surface area contributed by atoms with Crippen LogP contribution in [0.3, 0.4) is 0 Å². The average Bonchev–Trinajstić information content (AvgIpc) is 2.90. The van der Waals surface area contributed by atoms with Crippen LogP contribution in [-0.4, -0.2) is 31.9 Å². The number of hydrogen-bond acceptors (Lipinski definition) is 4. The third kappa shape index (κ3) is 2.68. The van der Waals surface area contributed by atoms with E-state index in [0.717, 1.165) is 16.5 Å². The van der Waals surface area contributed by atoms with Crippen LogP contribution >= 0.6 is 0 Å². The highest BCUT2D eigenvalue weighted by Crippen LogP contribution is 2.26. The number of hydrogen-bond donors (Lipinski definition) is 1. The Hall–Kier alpha value is -1.82. The summed E-state index contributed by atoms with van der Waals surface area (Å²) in [5.41, 5.74) is 2.55. The van der Waals surface area contributed by atoms with E-state index in [2.05, 4.69) is 5.32 Å². The fourth-order valence-electron chi connectivity index (χ4n) is 2.71. The summed E-state index contributed by atoms with van der Waals surface area (Å²) in [6.07, 6.45) is 0.465. The van der Waals surface area contributed by atoms with E-state index in [9.17, 15) is 13.2 Å². The van der Waals surface area contributed by atoms with Gasteiger partial charge in [0.2, 0.25) is 0 Å². The first-order valence-corrected chi connectivity index (χ1v) is 8.69. The van der Waals surface area contributed by atoms with Crippen molar-refractivity contribution in [3.63, 3.8) is 0 Å². The SMILES string of the molecule is Cc1ccc2oc(C(=O)NC3CCS(=O)(=O)C3)c(C)c2c1. The second-order valence-electron chi connectivity index (χ2n) is 5.63. The lowest BCUT2D eigenvalue weighted by atomic mass is 10.1. The first-order chi connectivity index (χ1) is 9.85. The third-order valence-electron chi connectivity index (χ3n) is 3.87. The Morgan fingerprint density at radius 3 is 2.76 bits per heavy atom.